The molecule has 3 nitrogen and oxygen atoms in total. The number of hydrogen-bond acceptors (Lipinski definition) is 2. The van der Waals surface area contributed by atoms with Crippen LogP contribution in [0.3, 0.4) is 0 Å². The third kappa shape index (κ3) is 5.54. The lowest BCUT2D eigenvalue weighted by atomic mass is 9.96. The Kier molecular flexibility index (Phi) is 5.69. The number of piperidine rings is 1. The number of benzene rings is 1. The minimum Gasteiger partial charge on any atom is -0.444 e. The average Bonchev–Trinajstić information content (AvgIpc) is 2.45. The Morgan fingerprint density at radius 2 is 2.00 bits per heavy atom. The summed E-state index contributed by atoms with van der Waals surface area (Å²) in [5, 5.41) is 0.410. The fourth-order valence-electron chi connectivity index (χ4n) is 2.48. The summed E-state index contributed by atoms with van der Waals surface area (Å²) in [4.78, 5) is 13.8. The van der Waals surface area contributed by atoms with Gasteiger partial charge in [0.1, 0.15) is 11.4 Å². The molecule has 126 valence electrons. The van der Waals surface area contributed by atoms with Gasteiger partial charge in [0.2, 0.25) is 0 Å². The second-order valence-electron chi connectivity index (χ2n) is 6.83. The van der Waals surface area contributed by atoms with E-state index in [9.17, 15) is 9.18 Å². The highest BCUT2D eigenvalue weighted by Crippen LogP contribution is 2.24. The lowest BCUT2D eigenvalue weighted by molar-refractivity contribution is 0.0197. The van der Waals surface area contributed by atoms with Crippen LogP contribution in [0.4, 0.5) is 9.18 Å². The molecular formula is C18H23ClFNO2. The highest BCUT2D eigenvalue weighted by atomic mass is 35.5. The van der Waals surface area contributed by atoms with Gasteiger partial charge in [0.05, 0.1) is 5.02 Å². The van der Waals surface area contributed by atoms with Crippen LogP contribution in [0, 0.1) is 11.7 Å². The largest absolute Gasteiger partial charge is 0.444 e. The van der Waals surface area contributed by atoms with Crippen LogP contribution < -0.4 is 0 Å². The van der Waals surface area contributed by atoms with Crippen LogP contribution in [0.1, 0.15) is 39.2 Å². The fourth-order valence-corrected chi connectivity index (χ4v) is 2.71. The minimum atomic E-state index is -0.465. The Balaban J connectivity index is 1.87. The molecular weight excluding hydrogens is 317 g/mol. The van der Waals surface area contributed by atoms with E-state index in [1.54, 1.807) is 11.0 Å². The lowest BCUT2D eigenvalue weighted by Crippen LogP contribution is -2.41. The number of carbonyl (C=O) groups excluding carboxylic acids is 1. The van der Waals surface area contributed by atoms with E-state index in [1.165, 1.54) is 12.1 Å². The lowest BCUT2D eigenvalue weighted by Gasteiger charge is -2.32. The van der Waals surface area contributed by atoms with E-state index in [-0.39, 0.29) is 11.9 Å². The summed E-state index contributed by atoms with van der Waals surface area (Å²) in [5.74, 6) is 0.0487. The molecule has 1 aliphatic rings. The van der Waals surface area contributed by atoms with Crippen molar-refractivity contribution < 1.29 is 13.9 Å². The maximum atomic E-state index is 13.0. The number of ether oxygens (including phenoxy) is 1. The molecule has 1 aromatic rings. The van der Waals surface area contributed by atoms with Crippen LogP contribution in [0.25, 0.3) is 6.08 Å². The van der Waals surface area contributed by atoms with Crippen LogP contribution in [0.15, 0.2) is 24.3 Å². The number of rotatable bonds is 2. The van der Waals surface area contributed by atoms with Crippen molar-refractivity contribution in [3.8, 4) is 0 Å². The molecule has 0 spiro atoms. The van der Waals surface area contributed by atoms with Gasteiger partial charge in [0.25, 0.3) is 0 Å². The number of carbonyl (C=O) groups is 1. The zero-order chi connectivity index (χ0) is 17.0. The summed E-state index contributed by atoms with van der Waals surface area (Å²) in [7, 11) is 0. The number of amides is 1. The first-order chi connectivity index (χ1) is 10.7. The van der Waals surface area contributed by atoms with E-state index < -0.39 is 5.60 Å². The van der Waals surface area contributed by atoms with Gasteiger partial charge in [-0.3, -0.25) is 0 Å². The SMILES string of the molecule is CC(C)(C)OC(=O)N1CCC(/C=C\c2ccc(F)cc2Cl)CC1. The Morgan fingerprint density at radius 1 is 1.35 bits per heavy atom. The van der Waals surface area contributed by atoms with Gasteiger partial charge in [-0.1, -0.05) is 29.8 Å². The van der Waals surface area contributed by atoms with E-state index in [4.69, 9.17) is 16.3 Å². The first-order valence-electron chi connectivity index (χ1n) is 7.86. The summed E-state index contributed by atoms with van der Waals surface area (Å²) in [6.45, 7) is 6.97. The molecule has 1 aromatic carbocycles. The summed E-state index contributed by atoms with van der Waals surface area (Å²) in [5.41, 5.74) is 0.343. The zero-order valence-electron chi connectivity index (χ0n) is 13.8. The van der Waals surface area contributed by atoms with Gasteiger partial charge in [0.15, 0.2) is 0 Å². The van der Waals surface area contributed by atoms with Gasteiger partial charge in [-0.15, -0.1) is 0 Å². The van der Waals surface area contributed by atoms with Gasteiger partial charge < -0.3 is 9.64 Å². The van der Waals surface area contributed by atoms with Crippen molar-refractivity contribution in [1.82, 2.24) is 4.90 Å². The van der Waals surface area contributed by atoms with Crippen LogP contribution in [-0.4, -0.2) is 29.7 Å². The van der Waals surface area contributed by atoms with Crippen molar-refractivity contribution >= 4 is 23.8 Å². The second kappa shape index (κ2) is 7.35. The molecule has 0 saturated carbocycles. The molecule has 1 heterocycles. The molecule has 0 unspecified atom stereocenters. The van der Waals surface area contributed by atoms with Gasteiger partial charge in [-0.2, -0.15) is 0 Å². The Morgan fingerprint density at radius 3 is 2.57 bits per heavy atom. The molecule has 1 aliphatic heterocycles. The number of nitrogens with zero attached hydrogens (tertiary/aromatic N) is 1. The van der Waals surface area contributed by atoms with Crippen molar-refractivity contribution in [3.63, 3.8) is 0 Å². The number of likely N-dealkylation sites (tertiary alicyclic amines) is 1. The molecule has 0 aromatic heterocycles. The zero-order valence-corrected chi connectivity index (χ0v) is 14.6. The standard InChI is InChI=1S/C18H23ClFNO2/c1-18(2,3)23-17(22)21-10-8-13(9-11-21)4-5-14-6-7-15(20)12-16(14)19/h4-7,12-13H,8-11H2,1-3H3/b5-4-. The topological polar surface area (TPSA) is 29.5 Å². The molecule has 0 radical (unpaired) electrons. The van der Waals surface area contributed by atoms with Crippen molar-refractivity contribution in [2.24, 2.45) is 5.92 Å². The number of hydrogen-bond donors (Lipinski definition) is 0. The first kappa shape index (κ1) is 17.8. The van der Waals surface area contributed by atoms with Crippen LogP contribution in [0.5, 0.6) is 0 Å². The van der Waals surface area contributed by atoms with Crippen LogP contribution in [-0.2, 0) is 4.74 Å². The molecule has 5 heteroatoms. The molecule has 2 rings (SSSR count). The molecule has 1 saturated heterocycles. The van der Waals surface area contributed by atoms with Crippen molar-refractivity contribution in [2.75, 3.05) is 13.1 Å². The van der Waals surface area contributed by atoms with Gasteiger partial charge in [0, 0.05) is 13.1 Å². The maximum Gasteiger partial charge on any atom is 0.410 e. The minimum absolute atomic E-state index is 0.249. The maximum absolute atomic E-state index is 13.0. The van der Waals surface area contributed by atoms with Crippen LogP contribution in [0.2, 0.25) is 5.02 Å². The summed E-state index contributed by atoms with van der Waals surface area (Å²) < 4.78 is 18.4. The van der Waals surface area contributed by atoms with Gasteiger partial charge >= 0.3 is 6.09 Å². The van der Waals surface area contributed by atoms with E-state index in [2.05, 4.69) is 6.08 Å². The third-order valence-electron chi connectivity index (χ3n) is 3.70. The highest BCUT2D eigenvalue weighted by molar-refractivity contribution is 6.32. The van der Waals surface area contributed by atoms with Crippen molar-refractivity contribution in [3.05, 3.63) is 40.7 Å². The highest BCUT2D eigenvalue weighted by Gasteiger charge is 2.25. The molecule has 0 aliphatic carbocycles. The van der Waals surface area contributed by atoms with Crippen molar-refractivity contribution in [2.45, 2.75) is 39.2 Å². The first-order valence-corrected chi connectivity index (χ1v) is 8.23. The van der Waals surface area contributed by atoms with Gasteiger partial charge in [-0.05, 0) is 57.2 Å². The summed E-state index contributed by atoms with van der Waals surface area (Å²) >= 11 is 6.01. The molecule has 23 heavy (non-hydrogen) atoms. The van der Waals surface area contributed by atoms with Crippen LogP contribution >= 0.6 is 11.6 Å². The molecule has 1 fully saturated rings. The fraction of sp³-hybridized carbons (Fsp3) is 0.500. The second-order valence-corrected chi connectivity index (χ2v) is 7.24. The van der Waals surface area contributed by atoms with E-state index in [0.29, 0.717) is 24.0 Å². The molecule has 1 amide bonds. The Labute approximate surface area is 142 Å². The summed E-state index contributed by atoms with van der Waals surface area (Å²) in [6.07, 6.45) is 5.53. The number of halogens is 2. The molecule has 0 bridgehead atoms. The predicted molar refractivity (Wildman–Crippen MR) is 91.0 cm³/mol. The Bertz CT molecular complexity index is 587. The third-order valence-corrected chi connectivity index (χ3v) is 4.03. The van der Waals surface area contributed by atoms with E-state index in [0.717, 1.165) is 18.4 Å². The van der Waals surface area contributed by atoms with Crippen molar-refractivity contribution in [1.29, 1.82) is 0 Å². The van der Waals surface area contributed by atoms with Gasteiger partial charge in [-0.25, -0.2) is 9.18 Å². The summed E-state index contributed by atoms with van der Waals surface area (Å²) in [6, 6.07) is 4.38. The predicted octanol–water partition coefficient (Wildman–Crippen LogP) is 5.14. The van der Waals surface area contributed by atoms with E-state index >= 15 is 0 Å². The average molecular weight is 340 g/mol. The molecule has 0 N–H and O–H groups in total. The quantitative estimate of drug-likeness (QED) is 0.746. The van der Waals surface area contributed by atoms with E-state index in [1.807, 2.05) is 26.8 Å². The monoisotopic (exact) mass is 339 g/mol. The smallest absolute Gasteiger partial charge is 0.410 e. The number of allylic oxidation sites excluding steroid dienone is 1. The molecule has 0 atom stereocenters. The Hall–Kier alpha value is -1.55. The normalized spacial score (nSPS) is 16.8.